The zero-order valence-electron chi connectivity index (χ0n) is 26.2. The fourth-order valence-corrected chi connectivity index (χ4v) is 5.48. The molecular weight excluding hydrogens is 563 g/mol. The van der Waals surface area contributed by atoms with Crippen LogP contribution in [0.25, 0.3) is 6.08 Å². The molecule has 0 bridgehead atoms. The Morgan fingerprint density at radius 3 is 2.18 bits per heavy atom. The van der Waals surface area contributed by atoms with Crippen molar-refractivity contribution in [2.75, 3.05) is 26.2 Å². The summed E-state index contributed by atoms with van der Waals surface area (Å²) in [7, 11) is 0. The monoisotopic (exact) mass is 612 g/mol. The van der Waals surface area contributed by atoms with Crippen LogP contribution in [-0.4, -0.2) is 42.9 Å². The SMILES string of the molecule is CCCCCCCCCCCCNC(=O)c1ccc(C[N]CC2CCN(C(=O)/C=C/c3cccc(C(F)(F)F)c3)CC2)cc1. The molecule has 0 atom stereocenters. The van der Waals surface area contributed by atoms with Gasteiger partial charge in [0.05, 0.1) is 5.56 Å². The molecule has 241 valence electrons. The van der Waals surface area contributed by atoms with Crippen molar-refractivity contribution in [3.05, 3.63) is 76.9 Å². The summed E-state index contributed by atoms with van der Waals surface area (Å²) >= 11 is 0. The van der Waals surface area contributed by atoms with Gasteiger partial charge in [-0.1, -0.05) is 89.0 Å². The largest absolute Gasteiger partial charge is 0.416 e. The molecule has 44 heavy (non-hydrogen) atoms. The van der Waals surface area contributed by atoms with Gasteiger partial charge in [0, 0.05) is 44.4 Å². The quantitative estimate of drug-likeness (QED) is 0.136. The van der Waals surface area contributed by atoms with Crippen LogP contribution in [0.3, 0.4) is 0 Å². The Labute approximate surface area is 261 Å². The lowest BCUT2D eigenvalue weighted by molar-refractivity contribution is -0.137. The van der Waals surface area contributed by atoms with Gasteiger partial charge in [0.1, 0.15) is 0 Å². The van der Waals surface area contributed by atoms with Crippen LogP contribution in [-0.2, 0) is 17.5 Å². The number of benzene rings is 2. The summed E-state index contributed by atoms with van der Waals surface area (Å²) < 4.78 is 38.7. The van der Waals surface area contributed by atoms with Gasteiger partial charge < -0.3 is 10.2 Å². The first-order valence-electron chi connectivity index (χ1n) is 16.4. The minimum absolute atomic E-state index is 0.0320. The summed E-state index contributed by atoms with van der Waals surface area (Å²) in [5, 5.41) is 7.74. The summed E-state index contributed by atoms with van der Waals surface area (Å²) in [6.07, 6.45) is 12.8. The number of likely N-dealkylation sites (tertiary alicyclic amines) is 1. The summed E-state index contributed by atoms with van der Waals surface area (Å²) in [4.78, 5) is 26.8. The van der Waals surface area contributed by atoms with Crippen LogP contribution in [0, 0.1) is 5.92 Å². The molecule has 1 radical (unpaired) electrons. The average molecular weight is 613 g/mol. The van der Waals surface area contributed by atoms with E-state index in [1.54, 1.807) is 11.0 Å². The zero-order valence-corrected chi connectivity index (χ0v) is 26.2. The molecule has 2 amide bonds. The number of rotatable bonds is 18. The third-order valence-electron chi connectivity index (χ3n) is 8.27. The maximum Gasteiger partial charge on any atom is 0.416 e. The van der Waals surface area contributed by atoms with Crippen LogP contribution in [0.2, 0.25) is 0 Å². The molecule has 1 aliphatic heterocycles. The number of nitrogens with zero attached hydrogens (tertiary/aromatic N) is 2. The highest BCUT2D eigenvalue weighted by molar-refractivity contribution is 5.94. The highest BCUT2D eigenvalue weighted by atomic mass is 19.4. The Morgan fingerprint density at radius 1 is 0.909 bits per heavy atom. The summed E-state index contributed by atoms with van der Waals surface area (Å²) in [6.45, 7) is 5.46. The highest BCUT2D eigenvalue weighted by Crippen LogP contribution is 2.29. The van der Waals surface area contributed by atoms with Crippen LogP contribution in [0.4, 0.5) is 13.2 Å². The van der Waals surface area contributed by atoms with Crippen molar-refractivity contribution in [1.82, 2.24) is 15.5 Å². The summed E-state index contributed by atoms with van der Waals surface area (Å²) in [6, 6.07) is 12.6. The third-order valence-corrected chi connectivity index (χ3v) is 8.27. The molecule has 8 heteroatoms. The Morgan fingerprint density at radius 2 is 1.55 bits per heavy atom. The first-order valence-corrected chi connectivity index (χ1v) is 16.4. The second-order valence-corrected chi connectivity index (χ2v) is 11.9. The van der Waals surface area contributed by atoms with E-state index in [2.05, 4.69) is 12.2 Å². The van der Waals surface area contributed by atoms with E-state index in [4.69, 9.17) is 5.32 Å². The van der Waals surface area contributed by atoms with Crippen LogP contribution >= 0.6 is 0 Å². The molecular formula is C36H49F3N3O2. The molecule has 0 aliphatic carbocycles. The van der Waals surface area contributed by atoms with E-state index in [0.717, 1.165) is 43.4 Å². The summed E-state index contributed by atoms with van der Waals surface area (Å²) in [5.41, 5.74) is 1.34. The standard InChI is InChI=1S/C36H49F3N3O2/c1-2-3-4-5-6-7-8-9-10-11-23-41-35(44)32-18-15-30(16-19-32)27-40-28-31-21-24-42(25-22-31)34(43)20-17-29-13-12-14-33(26-29)36(37,38)39/h12-20,26,31H,2-11,21-25,27-28H2,1H3,(H,41,44)/b20-17+. The Kier molecular flexibility index (Phi) is 15.5. The lowest BCUT2D eigenvalue weighted by Gasteiger charge is -2.31. The van der Waals surface area contributed by atoms with Gasteiger partial charge in [-0.3, -0.25) is 9.59 Å². The zero-order chi connectivity index (χ0) is 31.6. The maximum atomic E-state index is 12.9. The second-order valence-electron chi connectivity index (χ2n) is 11.9. The molecule has 1 heterocycles. The number of alkyl halides is 3. The van der Waals surface area contributed by atoms with Gasteiger partial charge in [0.25, 0.3) is 5.91 Å². The van der Waals surface area contributed by atoms with Crippen molar-refractivity contribution in [3.8, 4) is 0 Å². The third kappa shape index (κ3) is 13.2. The predicted octanol–water partition coefficient (Wildman–Crippen LogP) is 8.41. The molecule has 2 aromatic rings. The van der Waals surface area contributed by atoms with Gasteiger partial charge in [0.15, 0.2) is 0 Å². The highest BCUT2D eigenvalue weighted by Gasteiger charge is 2.30. The van der Waals surface area contributed by atoms with Gasteiger partial charge in [0.2, 0.25) is 5.91 Å². The normalized spacial score (nSPS) is 14.3. The lowest BCUT2D eigenvalue weighted by Crippen LogP contribution is -2.39. The second kappa shape index (κ2) is 19.3. The molecule has 1 fully saturated rings. The molecule has 0 unspecified atom stereocenters. The number of carbonyl (C=O) groups excluding carboxylic acids is 2. The number of halogens is 3. The van der Waals surface area contributed by atoms with E-state index in [9.17, 15) is 22.8 Å². The number of hydrogen-bond acceptors (Lipinski definition) is 2. The van der Waals surface area contributed by atoms with E-state index in [0.29, 0.717) is 49.8 Å². The molecule has 2 aromatic carbocycles. The number of nitrogens with one attached hydrogen (secondary N) is 1. The van der Waals surface area contributed by atoms with E-state index in [-0.39, 0.29) is 11.8 Å². The van der Waals surface area contributed by atoms with Crippen LogP contribution < -0.4 is 10.6 Å². The van der Waals surface area contributed by atoms with E-state index < -0.39 is 11.7 Å². The number of piperidine rings is 1. The van der Waals surface area contributed by atoms with E-state index in [1.807, 2.05) is 24.3 Å². The lowest BCUT2D eigenvalue weighted by atomic mass is 9.96. The van der Waals surface area contributed by atoms with Crippen molar-refractivity contribution < 1.29 is 22.8 Å². The van der Waals surface area contributed by atoms with Gasteiger partial charge in [-0.05, 0) is 66.6 Å². The van der Waals surface area contributed by atoms with Crippen LogP contribution in [0.15, 0.2) is 54.6 Å². The summed E-state index contributed by atoms with van der Waals surface area (Å²) in [5.74, 6) is 0.170. The molecule has 1 saturated heterocycles. The first-order chi connectivity index (χ1) is 21.3. The van der Waals surface area contributed by atoms with Crippen molar-refractivity contribution >= 4 is 17.9 Å². The number of amides is 2. The molecule has 1 N–H and O–H groups in total. The first kappa shape index (κ1) is 35.4. The topological polar surface area (TPSA) is 63.5 Å². The molecule has 0 saturated carbocycles. The predicted molar refractivity (Wildman–Crippen MR) is 171 cm³/mol. The molecule has 1 aliphatic rings. The Bertz CT molecular complexity index is 1160. The van der Waals surface area contributed by atoms with Gasteiger partial charge in [-0.25, -0.2) is 5.32 Å². The van der Waals surface area contributed by atoms with Crippen molar-refractivity contribution in [2.45, 2.75) is 96.7 Å². The fraction of sp³-hybridized carbons (Fsp3) is 0.556. The van der Waals surface area contributed by atoms with Gasteiger partial charge >= 0.3 is 6.18 Å². The van der Waals surface area contributed by atoms with E-state index >= 15 is 0 Å². The minimum atomic E-state index is -4.41. The minimum Gasteiger partial charge on any atom is -0.352 e. The van der Waals surface area contributed by atoms with Gasteiger partial charge in [-0.2, -0.15) is 13.2 Å². The van der Waals surface area contributed by atoms with E-state index in [1.165, 1.54) is 69.6 Å². The molecule has 0 spiro atoms. The fourth-order valence-electron chi connectivity index (χ4n) is 5.48. The molecule has 0 aromatic heterocycles. The smallest absolute Gasteiger partial charge is 0.352 e. The number of unbranched alkanes of at least 4 members (excludes halogenated alkanes) is 9. The van der Waals surface area contributed by atoms with Crippen molar-refractivity contribution in [1.29, 1.82) is 0 Å². The van der Waals surface area contributed by atoms with Crippen LogP contribution in [0.1, 0.15) is 111 Å². The van der Waals surface area contributed by atoms with Crippen molar-refractivity contribution in [3.63, 3.8) is 0 Å². The number of hydrogen-bond donors (Lipinski definition) is 1. The van der Waals surface area contributed by atoms with Gasteiger partial charge in [-0.15, -0.1) is 0 Å². The van der Waals surface area contributed by atoms with Crippen molar-refractivity contribution in [2.24, 2.45) is 5.92 Å². The maximum absolute atomic E-state index is 12.9. The Balaban J connectivity index is 1.25. The molecule has 3 rings (SSSR count). The molecule has 5 nitrogen and oxygen atoms in total. The van der Waals surface area contributed by atoms with Crippen LogP contribution in [0.5, 0.6) is 0 Å². The Hall–Kier alpha value is -3.13. The average Bonchev–Trinajstić information content (AvgIpc) is 3.03. The number of carbonyl (C=O) groups is 2.